The van der Waals surface area contributed by atoms with E-state index in [0.717, 1.165) is 42.5 Å². The van der Waals surface area contributed by atoms with Crippen LogP contribution in [0.3, 0.4) is 0 Å². The van der Waals surface area contributed by atoms with Gasteiger partial charge in [0.2, 0.25) is 5.41 Å². The summed E-state index contributed by atoms with van der Waals surface area (Å²) in [4.78, 5) is 35.0. The fourth-order valence-corrected chi connectivity index (χ4v) is 4.43. The lowest BCUT2D eigenvalue weighted by Gasteiger charge is -2.38. The van der Waals surface area contributed by atoms with Crippen molar-refractivity contribution < 1.29 is 59.7 Å². The third kappa shape index (κ3) is 9.60. The Bertz CT molecular complexity index is 1590. The van der Waals surface area contributed by atoms with Gasteiger partial charge in [-0.25, -0.2) is 14.4 Å². The summed E-state index contributed by atoms with van der Waals surface area (Å²) in [5.74, 6) is -2.28. The average molecular weight is 677 g/mol. The number of ether oxygens (including phenoxy) is 4. The van der Waals surface area contributed by atoms with Crippen LogP contribution in [0.4, 0.5) is 26.3 Å². The molecule has 48 heavy (non-hydrogen) atoms. The maximum absolute atomic E-state index is 14.5. The van der Waals surface area contributed by atoms with Gasteiger partial charge in [0.15, 0.2) is 0 Å². The number of benzene rings is 3. The molecule has 0 heterocycles. The monoisotopic (exact) mass is 676 g/mol. The molecule has 0 bridgehead atoms. The Morgan fingerprint density at radius 2 is 1.10 bits per heavy atom. The first kappa shape index (κ1) is 37.1. The molecule has 0 atom stereocenters. The van der Waals surface area contributed by atoms with Gasteiger partial charge < -0.3 is 18.9 Å². The Kier molecular flexibility index (Phi) is 12.7. The van der Waals surface area contributed by atoms with Crippen molar-refractivity contribution in [2.45, 2.75) is 37.5 Å². The Morgan fingerprint density at radius 3 is 1.56 bits per heavy atom. The van der Waals surface area contributed by atoms with Crippen LogP contribution in [-0.4, -0.2) is 43.5 Å². The molecule has 13 heteroatoms. The van der Waals surface area contributed by atoms with E-state index >= 15 is 0 Å². The molecule has 0 saturated heterocycles. The number of carbonyl (C=O) groups is 3. The lowest BCUT2D eigenvalue weighted by Crippen LogP contribution is -2.54. The third-order valence-corrected chi connectivity index (χ3v) is 6.68. The zero-order valence-electron chi connectivity index (χ0n) is 25.5. The minimum atomic E-state index is -5.85. The second-order valence-electron chi connectivity index (χ2n) is 9.97. The van der Waals surface area contributed by atoms with Crippen molar-refractivity contribution in [3.63, 3.8) is 0 Å². The minimum Gasteiger partial charge on any atom is -0.494 e. The smallest absolute Gasteiger partial charge is 0.411 e. The first-order valence-corrected chi connectivity index (χ1v) is 14.3. The van der Waals surface area contributed by atoms with Gasteiger partial charge in [0.25, 0.3) is 0 Å². The van der Waals surface area contributed by atoms with Gasteiger partial charge in [-0.15, -0.1) is 0 Å². The first-order valence-electron chi connectivity index (χ1n) is 14.3. The number of esters is 3. The second kappa shape index (κ2) is 16.5. The summed E-state index contributed by atoms with van der Waals surface area (Å²) in [6.45, 7) is 5.44. The van der Waals surface area contributed by atoms with E-state index in [0.29, 0.717) is 55.0 Å². The van der Waals surface area contributed by atoms with E-state index < -0.39 is 46.8 Å². The Labute approximate surface area is 272 Å². The van der Waals surface area contributed by atoms with Crippen LogP contribution >= 0.6 is 0 Å². The number of alkyl halides is 6. The van der Waals surface area contributed by atoms with Gasteiger partial charge in [0, 0.05) is 18.2 Å². The van der Waals surface area contributed by atoms with Crippen LogP contribution in [0.5, 0.6) is 17.2 Å². The highest BCUT2D eigenvalue weighted by Crippen LogP contribution is 2.56. The van der Waals surface area contributed by atoms with Crippen LogP contribution < -0.4 is 14.2 Å². The zero-order valence-corrected chi connectivity index (χ0v) is 25.5. The predicted octanol–water partition coefficient (Wildman–Crippen LogP) is 8.09. The van der Waals surface area contributed by atoms with E-state index in [4.69, 9.17) is 18.9 Å². The van der Waals surface area contributed by atoms with Crippen LogP contribution in [-0.2, 0) is 24.5 Å². The Morgan fingerprint density at radius 1 is 0.646 bits per heavy atom. The van der Waals surface area contributed by atoms with Gasteiger partial charge in [-0.05, 0) is 78.9 Å². The first-order chi connectivity index (χ1) is 22.7. The molecule has 0 radical (unpaired) electrons. The number of hydrogen-bond acceptors (Lipinski definition) is 7. The lowest BCUT2D eigenvalue weighted by atomic mass is 9.73. The molecule has 3 rings (SSSR count). The molecule has 0 saturated carbocycles. The number of rotatable bonds is 14. The Balaban J connectivity index is 1.69. The van der Waals surface area contributed by atoms with E-state index in [1.807, 2.05) is 0 Å². The summed E-state index contributed by atoms with van der Waals surface area (Å²) < 4.78 is 107. The fraction of sp³-hybridized carbons (Fsp3) is 0.229. The maximum atomic E-state index is 14.5. The molecule has 3 aromatic rings. The van der Waals surface area contributed by atoms with Gasteiger partial charge in [0.1, 0.15) is 17.2 Å². The van der Waals surface area contributed by atoms with Gasteiger partial charge in [0.05, 0.1) is 13.2 Å². The van der Waals surface area contributed by atoms with Crippen molar-refractivity contribution in [1.29, 1.82) is 0 Å². The average Bonchev–Trinajstić information content (AvgIpc) is 3.02. The van der Waals surface area contributed by atoms with Gasteiger partial charge in [-0.2, -0.15) is 26.3 Å². The van der Waals surface area contributed by atoms with Crippen molar-refractivity contribution in [3.8, 4) is 17.2 Å². The molecular weight excluding hydrogens is 646 g/mol. The van der Waals surface area contributed by atoms with Crippen LogP contribution in [0, 0.1) is 0 Å². The lowest BCUT2D eigenvalue weighted by molar-refractivity contribution is -0.288. The molecule has 7 nitrogen and oxygen atoms in total. The van der Waals surface area contributed by atoms with E-state index in [9.17, 15) is 40.7 Å². The summed E-state index contributed by atoms with van der Waals surface area (Å²) in [7, 11) is 0. The topological polar surface area (TPSA) is 88.1 Å². The van der Waals surface area contributed by atoms with Crippen molar-refractivity contribution in [2.24, 2.45) is 0 Å². The number of unbranched alkanes of at least 4 members (excludes halogenated alkanes) is 1. The quantitative estimate of drug-likeness (QED) is 0.0561. The van der Waals surface area contributed by atoms with Crippen LogP contribution in [0.2, 0.25) is 0 Å². The molecule has 0 aliphatic rings. The molecule has 0 aliphatic heterocycles. The number of carbonyl (C=O) groups excluding carboxylic acids is 3. The summed E-state index contributed by atoms with van der Waals surface area (Å²) in [5, 5.41) is 0. The highest BCUT2D eigenvalue weighted by Gasteiger charge is 2.72. The zero-order chi connectivity index (χ0) is 35.4. The summed E-state index contributed by atoms with van der Waals surface area (Å²) in [5.41, 5.74) is -6.21. The predicted molar refractivity (Wildman–Crippen MR) is 163 cm³/mol. The summed E-state index contributed by atoms with van der Waals surface area (Å²) in [6.07, 6.45) is -4.58. The van der Waals surface area contributed by atoms with E-state index in [2.05, 4.69) is 6.58 Å². The Hall–Kier alpha value is -5.33. The minimum absolute atomic E-state index is 0.243. The van der Waals surface area contributed by atoms with Gasteiger partial charge in [-0.1, -0.05) is 49.1 Å². The van der Waals surface area contributed by atoms with E-state index in [1.54, 1.807) is 24.3 Å². The standard InChI is InChI=1S/C35H30F6O7/c1-3-7-31(43)47-28-17-11-25(12-18-28)33(34(36,37)38,35(39,40)41)26-13-19-29(20-14-26)48-32(44)21-10-24-8-15-27(16-9-24)45-22-5-6-23-46-30(42)4-2/h3-4,7-21H,2,5-6,22-23H2,1H3. The largest absolute Gasteiger partial charge is 0.494 e. The van der Waals surface area contributed by atoms with Crippen molar-refractivity contribution >= 4 is 24.0 Å². The van der Waals surface area contributed by atoms with Crippen molar-refractivity contribution in [2.75, 3.05) is 13.2 Å². The van der Waals surface area contributed by atoms with Gasteiger partial charge >= 0.3 is 30.3 Å². The van der Waals surface area contributed by atoms with Crippen molar-refractivity contribution in [3.05, 3.63) is 120 Å². The number of halogens is 6. The molecule has 0 fully saturated rings. The van der Waals surface area contributed by atoms with Crippen LogP contribution in [0.1, 0.15) is 36.5 Å². The number of allylic oxidation sites excluding steroid dienone is 1. The molecule has 0 aromatic heterocycles. The molecule has 0 aliphatic carbocycles. The third-order valence-electron chi connectivity index (χ3n) is 6.68. The molecule has 0 N–H and O–H groups in total. The fourth-order valence-electron chi connectivity index (χ4n) is 4.43. The van der Waals surface area contributed by atoms with E-state index in [1.165, 1.54) is 19.1 Å². The summed E-state index contributed by atoms with van der Waals surface area (Å²) >= 11 is 0. The van der Waals surface area contributed by atoms with Crippen molar-refractivity contribution in [1.82, 2.24) is 0 Å². The summed E-state index contributed by atoms with van der Waals surface area (Å²) in [6, 6.07) is 12.3. The second-order valence-corrected chi connectivity index (χ2v) is 9.97. The highest BCUT2D eigenvalue weighted by molar-refractivity contribution is 5.88. The normalized spacial score (nSPS) is 12.1. The number of hydrogen-bond donors (Lipinski definition) is 0. The molecule has 0 unspecified atom stereocenters. The molecular formula is C35H30F6O7. The van der Waals surface area contributed by atoms with E-state index in [-0.39, 0.29) is 18.1 Å². The molecule has 0 spiro atoms. The SMILES string of the molecule is C=CC(=O)OCCCCOc1ccc(C=CC(=O)Oc2ccc(C(c3ccc(OC(=O)C=CC)cc3)(C(F)(F)F)C(F)(F)F)cc2)cc1. The highest BCUT2D eigenvalue weighted by atomic mass is 19.4. The van der Waals surface area contributed by atoms with Crippen LogP contribution in [0.15, 0.2) is 104 Å². The maximum Gasteiger partial charge on any atom is 0.411 e. The molecule has 0 amide bonds. The van der Waals surface area contributed by atoms with Gasteiger partial charge in [-0.3, -0.25) is 0 Å². The molecule has 254 valence electrons. The molecule has 3 aromatic carbocycles. The van der Waals surface area contributed by atoms with Crippen LogP contribution in [0.25, 0.3) is 6.08 Å².